The van der Waals surface area contributed by atoms with Crippen LogP contribution in [0.3, 0.4) is 0 Å². The highest BCUT2D eigenvalue weighted by Gasteiger charge is 2.34. The maximum atomic E-state index is 14.0. The van der Waals surface area contributed by atoms with Crippen molar-refractivity contribution in [2.24, 2.45) is 0 Å². The number of carboxylic acids is 1. The van der Waals surface area contributed by atoms with E-state index in [1.54, 1.807) is 30.5 Å². The van der Waals surface area contributed by atoms with Gasteiger partial charge in [-0.05, 0) is 75.6 Å². The molecule has 0 aliphatic heterocycles. The molecule has 0 aliphatic rings. The van der Waals surface area contributed by atoms with E-state index in [1.807, 2.05) is 19.0 Å². The molecule has 4 atom stereocenters. The lowest BCUT2D eigenvalue weighted by Gasteiger charge is -2.21. The maximum Gasteiger partial charge on any atom is 0.335 e. The van der Waals surface area contributed by atoms with E-state index >= 15 is 0 Å². The Morgan fingerprint density at radius 3 is 2.29 bits per heavy atom. The number of sulfonamides is 1. The number of ether oxygens (including phenoxy) is 1. The second-order valence-corrected chi connectivity index (χ2v) is 11.5. The molecule has 0 spiro atoms. The molecule has 0 fully saturated rings. The van der Waals surface area contributed by atoms with Gasteiger partial charge in [-0.15, -0.1) is 0 Å². The van der Waals surface area contributed by atoms with Crippen LogP contribution in [0.4, 0.5) is 16.0 Å². The third-order valence-electron chi connectivity index (χ3n) is 6.01. The number of aldehydes is 1. The molecule has 3 aromatic rings. The van der Waals surface area contributed by atoms with Gasteiger partial charge in [0, 0.05) is 24.0 Å². The zero-order chi connectivity index (χ0) is 33.7. The number of aliphatic hydroxyl groups excluding tert-OH is 4. The Balaban J connectivity index is 0.000000459. The average Bonchev–Trinajstić information content (AvgIpc) is 3.02. The number of anilines is 2. The Morgan fingerprint density at radius 2 is 1.73 bits per heavy atom. The molecule has 0 bridgehead atoms. The van der Waals surface area contributed by atoms with Crippen molar-refractivity contribution in [2.75, 3.05) is 39.6 Å². The minimum Gasteiger partial charge on any atom is -0.494 e. The molecule has 0 unspecified atom stereocenters. The van der Waals surface area contributed by atoms with Crippen LogP contribution in [-0.2, 0) is 19.6 Å². The van der Waals surface area contributed by atoms with Crippen LogP contribution in [0.25, 0.3) is 11.3 Å². The van der Waals surface area contributed by atoms with Gasteiger partial charge in [0.15, 0.2) is 24.0 Å². The van der Waals surface area contributed by atoms with Crippen molar-refractivity contribution in [1.82, 2.24) is 19.6 Å². The van der Waals surface area contributed by atoms with Crippen LogP contribution in [0.2, 0.25) is 0 Å². The van der Waals surface area contributed by atoms with E-state index in [9.17, 15) is 22.4 Å². The minimum atomic E-state index is -3.57. The summed E-state index contributed by atoms with van der Waals surface area (Å²) in [7, 11) is 1.71. The lowest BCUT2D eigenvalue weighted by atomic mass is 10.0. The molecule has 45 heavy (non-hydrogen) atoms. The first-order valence-corrected chi connectivity index (χ1v) is 14.8. The van der Waals surface area contributed by atoms with Crippen LogP contribution in [0.15, 0.2) is 59.6 Å². The Bertz CT molecular complexity index is 1510. The smallest absolute Gasteiger partial charge is 0.335 e. The van der Waals surface area contributed by atoms with E-state index in [4.69, 9.17) is 30.3 Å². The highest BCUT2D eigenvalue weighted by molar-refractivity contribution is 7.89. The number of hydrogen-bond donors (Lipinski definition) is 7. The van der Waals surface area contributed by atoms with Crippen LogP contribution in [-0.4, -0.2) is 120 Å². The number of nitrogens with one attached hydrogen (secondary N) is 2. The number of aromatic nitrogens is 2. The number of nitrogens with zero attached hydrogens (tertiary/aromatic N) is 3. The number of methoxy groups -OCH3 is 1. The number of aliphatic carboxylic acids is 1. The Hall–Kier alpha value is -4.10. The fourth-order valence-corrected chi connectivity index (χ4v) is 4.63. The highest BCUT2D eigenvalue weighted by Crippen LogP contribution is 2.25. The summed E-state index contributed by atoms with van der Waals surface area (Å²) in [5.41, 5.74) is 1.73. The lowest BCUT2D eigenvalue weighted by Crippen LogP contribution is -2.48. The van der Waals surface area contributed by atoms with Gasteiger partial charge >= 0.3 is 5.97 Å². The lowest BCUT2D eigenvalue weighted by molar-refractivity contribution is -0.163. The van der Waals surface area contributed by atoms with Gasteiger partial charge in [-0.1, -0.05) is 0 Å². The summed E-state index contributed by atoms with van der Waals surface area (Å²) in [5.74, 6) is -1.78. The summed E-state index contributed by atoms with van der Waals surface area (Å²) in [5, 5.41) is 46.2. The van der Waals surface area contributed by atoms with Crippen LogP contribution < -0.4 is 14.8 Å². The molecule has 1 aromatic heterocycles. The maximum absolute atomic E-state index is 14.0. The van der Waals surface area contributed by atoms with Gasteiger partial charge in [-0.3, -0.25) is 0 Å². The van der Waals surface area contributed by atoms with Crippen molar-refractivity contribution in [3.05, 3.63) is 60.5 Å². The number of carbonyl (C=O) groups excluding carboxylic acids is 1. The molecule has 15 nitrogen and oxygen atoms in total. The van der Waals surface area contributed by atoms with Crippen molar-refractivity contribution < 1.29 is 52.7 Å². The number of carbonyl (C=O) groups is 2. The molecule has 246 valence electrons. The van der Waals surface area contributed by atoms with Gasteiger partial charge in [0.1, 0.15) is 18.3 Å². The second kappa shape index (κ2) is 17.4. The topological polar surface area (TPSA) is 232 Å². The van der Waals surface area contributed by atoms with E-state index in [1.165, 1.54) is 31.4 Å². The first-order chi connectivity index (χ1) is 21.2. The van der Waals surface area contributed by atoms with Crippen LogP contribution >= 0.6 is 0 Å². The first kappa shape index (κ1) is 37.1. The van der Waals surface area contributed by atoms with Gasteiger partial charge in [-0.25, -0.2) is 32.3 Å². The number of benzene rings is 2. The van der Waals surface area contributed by atoms with Gasteiger partial charge < -0.3 is 45.3 Å². The number of rotatable bonds is 15. The van der Waals surface area contributed by atoms with Gasteiger partial charge in [0.25, 0.3) is 0 Å². The Morgan fingerprint density at radius 1 is 1.07 bits per heavy atom. The van der Waals surface area contributed by atoms with Crippen molar-refractivity contribution in [3.8, 4) is 17.0 Å². The first-order valence-electron chi connectivity index (χ1n) is 13.3. The molecular weight excluding hydrogens is 617 g/mol. The van der Waals surface area contributed by atoms with Crippen molar-refractivity contribution >= 4 is 33.9 Å². The predicted molar refractivity (Wildman–Crippen MR) is 160 cm³/mol. The summed E-state index contributed by atoms with van der Waals surface area (Å²) in [4.78, 5) is 30.7. The summed E-state index contributed by atoms with van der Waals surface area (Å²) >= 11 is 0. The number of aliphatic hydroxyl groups is 4. The molecule has 0 saturated heterocycles. The highest BCUT2D eigenvalue weighted by atomic mass is 32.2. The molecule has 0 saturated carbocycles. The standard InChI is InChI=1S/C22H26FN5O3S.C6H10O7/c1-28(2)14-4-12-25-32(29,30)18-8-6-17(7-9-18)26-22-24-13-11-20(27-22)16-5-10-21(31-3)19(23)15-16;7-1-2(8)3(9)4(10)5(11)6(12)13/h5-11,13,15,25H,4,12,14H2,1-3H3,(H,24,26,27);1-5,8-11H,(H,12,13)/t;2-,3+,4-,5-/m.0/s1. The Kier molecular flexibility index (Phi) is 14.3. The monoisotopic (exact) mass is 653 g/mol. The van der Waals surface area contributed by atoms with Crippen LogP contribution in [0.5, 0.6) is 5.75 Å². The molecule has 0 aliphatic carbocycles. The second-order valence-electron chi connectivity index (χ2n) is 9.71. The van der Waals surface area contributed by atoms with E-state index in [0.717, 1.165) is 13.0 Å². The summed E-state index contributed by atoms with van der Waals surface area (Å²) in [6.45, 7) is 1.17. The molecule has 1 heterocycles. The summed E-state index contributed by atoms with van der Waals surface area (Å²) in [6, 6.07) is 12.6. The van der Waals surface area contributed by atoms with Crippen molar-refractivity contribution in [2.45, 2.75) is 35.7 Å². The Labute approximate surface area is 259 Å². The summed E-state index contributed by atoms with van der Waals surface area (Å²) < 4.78 is 46.4. The van der Waals surface area contributed by atoms with E-state index < -0.39 is 46.2 Å². The van der Waals surface area contributed by atoms with Crippen LogP contribution in [0.1, 0.15) is 6.42 Å². The third-order valence-corrected chi connectivity index (χ3v) is 7.49. The molecule has 2 aromatic carbocycles. The van der Waals surface area contributed by atoms with E-state index in [2.05, 4.69) is 20.0 Å². The number of halogens is 1. The fourth-order valence-electron chi connectivity index (χ4n) is 3.55. The fraction of sp³-hybridized carbons (Fsp3) is 0.357. The zero-order valence-corrected chi connectivity index (χ0v) is 25.4. The van der Waals surface area contributed by atoms with Gasteiger partial charge in [0.2, 0.25) is 16.0 Å². The SMILES string of the molecule is COc1ccc(-c2ccnc(Nc3ccc(S(=O)(=O)NCCCN(C)C)cc3)n2)cc1F.O=C[C@H](O)[C@@H](O)[C@H](O)[C@H](O)C(=O)O. The molecular formula is C28H36FN5O10S. The van der Waals surface area contributed by atoms with Gasteiger partial charge in [-0.2, -0.15) is 0 Å². The number of carboxylic acid groups (broad SMARTS) is 1. The normalized spacial score (nSPS) is 14.0. The quantitative estimate of drug-likeness (QED) is 0.0844. The predicted octanol–water partition coefficient (Wildman–Crippen LogP) is -0.0216. The van der Waals surface area contributed by atoms with Crippen molar-refractivity contribution in [3.63, 3.8) is 0 Å². The molecule has 0 radical (unpaired) electrons. The van der Waals surface area contributed by atoms with E-state index in [-0.39, 0.29) is 16.9 Å². The summed E-state index contributed by atoms with van der Waals surface area (Å²) in [6.07, 6.45) is -6.11. The van der Waals surface area contributed by atoms with E-state index in [0.29, 0.717) is 29.4 Å². The molecule has 7 N–H and O–H groups in total. The zero-order valence-electron chi connectivity index (χ0n) is 24.6. The third kappa shape index (κ3) is 11.4. The van der Waals surface area contributed by atoms with Crippen LogP contribution in [0, 0.1) is 5.82 Å². The number of hydrogen-bond acceptors (Lipinski definition) is 13. The molecule has 0 amide bonds. The molecule has 17 heteroatoms. The van der Waals surface area contributed by atoms with Gasteiger partial charge in [0.05, 0.1) is 17.7 Å². The largest absolute Gasteiger partial charge is 0.494 e. The minimum absolute atomic E-state index is 0.0809. The van der Waals surface area contributed by atoms with Crippen molar-refractivity contribution in [1.29, 1.82) is 0 Å². The molecule has 3 rings (SSSR count). The average molecular weight is 654 g/mol.